The Balaban J connectivity index is 1.90. The first-order valence-electron chi connectivity index (χ1n) is 7.73. The average molecular weight is 239 g/mol. The molecule has 2 unspecified atom stereocenters. The Labute approximate surface area is 107 Å². The van der Waals surface area contributed by atoms with Crippen molar-refractivity contribution >= 4 is 0 Å². The van der Waals surface area contributed by atoms with Crippen molar-refractivity contribution in [2.75, 3.05) is 19.8 Å². The normalized spacial score (nSPS) is 29.1. The van der Waals surface area contributed by atoms with Crippen LogP contribution in [0, 0.1) is 11.8 Å². The maximum Gasteiger partial charge on any atom is 0.0509 e. The monoisotopic (exact) mass is 239 g/mol. The van der Waals surface area contributed by atoms with Crippen LogP contribution in [-0.2, 0) is 4.74 Å². The van der Waals surface area contributed by atoms with Gasteiger partial charge in [0, 0.05) is 12.6 Å². The lowest BCUT2D eigenvalue weighted by atomic mass is 9.77. The van der Waals surface area contributed by atoms with Crippen molar-refractivity contribution in [3.63, 3.8) is 0 Å². The van der Waals surface area contributed by atoms with Gasteiger partial charge in [0.1, 0.15) is 0 Å². The largest absolute Gasteiger partial charge is 0.381 e. The van der Waals surface area contributed by atoms with E-state index in [1.54, 1.807) is 0 Å². The summed E-state index contributed by atoms with van der Waals surface area (Å²) in [6, 6.07) is 0.732. The maximum absolute atomic E-state index is 5.69. The van der Waals surface area contributed by atoms with Crippen LogP contribution in [0.25, 0.3) is 0 Å². The van der Waals surface area contributed by atoms with Crippen LogP contribution in [0.1, 0.15) is 58.3 Å². The predicted molar refractivity (Wildman–Crippen MR) is 72.2 cm³/mol. The van der Waals surface area contributed by atoms with Crippen LogP contribution < -0.4 is 5.32 Å². The van der Waals surface area contributed by atoms with Gasteiger partial charge in [0.15, 0.2) is 0 Å². The Kier molecular flexibility index (Phi) is 5.79. The Morgan fingerprint density at radius 2 is 1.82 bits per heavy atom. The van der Waals surface area contributed by atoms with Gasteiger partial charge in [-0.1, -0.05) is 26.2 Å². The highest BCUT2D eigenvalue weighted by molar-refractivity contribution is 4.86. The van der Waals surface area contributed by atoms with E-state index in [9.17, 15) is 0 Å². The van der Waals surface area contributed by atoms with E-state index in [1.807, 2.05) is 0 Å². The minimum Gasteiger partial charge on any atom is -0.381 e. The van der Waals surface area contributed by atoms with E-state index in [0.717, 1.165) is 31.1 Å². The standard InChI is InChI=1S/C15H29NO/c1-2-10-16-15(13-7-4-3-5-8-13)14-9-6-11-17-12-14/h13-16H,2-12H2,1H3. The van der Waals surface area contributed by atoms with E-state index in [2.05, 4.69) is 12.2 Å². The highest BCUT2D eigenvalue weighted by Gasteiger charge is 2.31. The molecule has 2 atom stereocenters. The van der Waals surface area contributed by atoms with Crippen LogP contribution in [0.2, 0.25) is 0 Å². The van der Waals surface area contributed by atoms with Gasteiger partial charge in [-0.15, -0.1) is 0 Å². The third-order valence-corrected chi connectivity index (χ3v) is 4.49. The smallest absolute Gasteiger partial charge is 0.0509 e. The summed E-state index contributed by atoms with van der Waals surface area (Å²) < 4.78 is 5.69. The molecule has 1 N–H and O–H groups in total. The van der Waals surface area contributed by atoms with Crippen molar-refractivity contribution in [1.29, 1.82) is 0 Å². The quantitative estimate of drug-likeness (QED) is 0.794. The lowest BCUT2D eigenvalue weighted by Crippen LogP contribution is -2.46. The zero-order valence-electron chi connectivity index (χ0n) is 11.4. The summed E-state index contributed by atoms with van der Waals surface area (Å²) in [6.07, 6.45) is 11.1. The van der Waals surface area contributed by atoms with Gasteiger partial charge < -0.3 is 10.1 Å². The topological polar surface area (TPSA) is 21.3 Å². The molecule has 1 saturated heterocycles. The van der Waals surface area contributed by atoms with E-state index in [1.165, 1.54) is 57.9 Å². The molecule has 1 heterocycles. The number of nitrogens with one attached hydrogen (secondary N) is 1. The fourth-order valence-corrected chi connectivity index (χ4v) is 3.57. The highest BCUT2D eigenvalue weighted by Crippen LogP contribution is 2.32. The SMILES string of the molecule is CCCNC(C1CCCCC1)C1CCCOC1. The number of hydrogen-bond acceptors (Lipinski definition) is 2. The molecule has 2 heteroatoms. The van der Waals surface area contributed by atoms with Crippen molar-refractivity contribution in [2.45, 2.75) is 64.3 Å². The van der Waals surface area contributed by atoms with Crippen molar-refractivity contribution in [3.8, 4) is 0 Å². The number of rotatable bonds is 5. The third kappa shape index (κ3) is 3.96. The van der Waals surface area contributed by atoms with Gasteiger partial charge in [-0.3, -0.25) is 0 Å². The lowest BCUT2D eigenvalue weighted by molar-refractivity contribution is 0.0245. The van der Waals surface area contributed by atoms with Crippen molar-refractivity contribution in [2.24, 2.45) is 11.8 Å². The molecule has 0 amide bonds. The minimum absolute atomic E-state index is 0.732. The lowest BCUT2D eigenvalue weighted by Gasteiger charge is -2.38. The second kappa shape index (κ2) is 7.38. The predicted octanol–water partition coefficient (Wildman–Crippen LogP) is 3.36. The molecule has 2 fully saturated rings. The fourth-order valence-electron chi connectivity index (χ4n) is 3.57. The maximum atomic E-state index is 5.69. The molecule has 17 heavy (non-hydrogen) atoms. The van der Waals surface area contributed by atoms with Crippen LogP contribution in [0.15, 0.2) is 0 Å². The molecular weight excluding hydrogens is 210 g/mol. The van der Waals surface area contributed by atoms with Crippen molar-refractivity contribution in [3.05, 3.63) is 0 Å². The van der Waals surface area contributed by atoms with Crippen LogP contribution in [0.5, 0.6) is 0 Å². The second-order valence-corrected chi connectivity index (χ2v) is 5.86. The van der Waals surface area contributed by atoms with Crippen LogP contribution in [-0.4, -0.2) is 25.8 Å². The molecule has 0 bridgehead atoms. The van der Waals surface area contributed by atoms with Gasteiger partial charge in [0.05, 0.1) is 6.61 Å². The second-order valence-electron chi connectivity index (χ2n) is 5.86. The summed E-state index contributed by atoms with van der Waals surface area (Å²) in [7, 11) is 0. The van der Waals surface area contributed by atoms with Gasteiger partial charge in [-0.2, -0.15) is 0 Å². The van der Waals surface area contributed by atoms with E-state index in [0.29, 0.717) is 0 Å². The van der Waals surface area contributed by atoms with Crippen LogP contribution in [0.3, 0.4) is 0 Å². The van der Waals surface area contributed by atoms with E-state index in [-0.39, 0.29) is 0 Å². The van der Waals surface area contributed by atoms with Gasteiger partial charge in [0.2, 0.25) is 0 Å². The summed E-state index contributed by atoms with van der Waals surface area (Å²) in [5.41, 5.74) is 0. The zero-order valence-corrected chi connectivity index (χ0v) is 11.4. The van der Waals surface area contributed by atoms with Gasteiger partial charge in [-0.25, -0.2) is 0 Å². The Bertz CT molecular complexity index is 177. The molecule has 1 aliphatic heterocycles. The van der Waals surface area contributed by atoms with Crippen LogP contribution >= 0.6 is 0 Å². The molecule has 0 aromatic heterocycles. The van der Waals surface area contributed by atoms with E-state index in [4.69, 9.17) is 4.74 Å². The summed E-state index contributed by atoms with van der Waals surface area (Å²) in [5, 5.41) is 3.83. The first-order valence-corrected chi connectivity index (χ1v) is 7.73. The fraction of sp³-hybridized carbons (Fsp3) is 1.00. The molecule has 0 aromatic carbocycles. The Morgan fingerprint density at radius 3 is 2.47 bits per heavy atom. The van der Waals surface area contributed by atoms with Crippen molar-refractivity contribution < 1.29 is 4.74 Å². The van der Waals surface area contributed by atoms with Gasteiger partial charge >= 0.3 is 0 Å². The van der Waals surface area contributed by atoms with Gasteiger partial charge in [-0.05, 0) is 50.5 Å². The Morgan fingerprint density at radius 1 is 1.06 bits per heavy atom. The summed E-state index contributed by atoms with van der Waals surface area (Å²) >= 11 is 0. The zero-order chi connectivity index (χ0) is 11.9. The summed E-state index contributed by atoms with van der Waals surface area (Å²) in [4.78, 5) is 0. The molecular formula is C15H29NO. The van der Waals surface area contributed by atoms with Crippen molar-refractivity contribution in [1.82, 2.24) is 5.32 Å². The number of ether oxygens (including phenoxy) is 1. The minimum atomic E-state index is 0.732. The molecule has 1 aliphatic carbocycles. The average Bonchev–Trinajstić information content (AvgIpc) is 2.42. The highest BCUT2D eigenvalue weighted by atomic mass is 16.5. The number of hydrogen-bond donors (Lipinski definition) is 1. The molecule has 0 spiro atoms. The molecule has 0 radical (unpaired) electrons. The summed E-state index contributed by atoms with van der Waals surface area (Å²) in [6.45, 7) is 5.43. The third-order valence-electron chi connectivity index (χ3n) is 4.49. The molecule has 2 nitrogen and oxygen atoms in total. The first-order chi connectivity index (χ1) is 8.42. The van der Waals surface area contributed by atoms with E-state index >= 15 is 0 Å². The summed E-state index contributed by atoms with van der Waals surface area (Å²) in [5.74, 6) is 1.69. The van der Waals surface area contributed by atoms with Gasteiger partial charge in [0.25, 0.3) is 0 Å². The van der Waals surface area contributed by atoms with E-state index < -0.39 is 0 Å². The van der Waals surface area contributed by atoms with Crippen LogP contribution in [0.4, 0.5) is 0 Å². The molecule has 100 valence electrons. The Hall–Kier alpha value is -0.0800. The molecule has 2 rings (SSSR count). The first kappa shape index (κ1) is 13.4. The molecule has 1 saturated carbocycles. The molecule has 0 aromatic rings. The molecule has 2 aliphatic rings.